The number of benzene rings is 2. The van der Waals surface area contributed by atoms with E-state index in [2.05, 4.69) is 4.72 Å². The average molecular weight is 410 g/mol. The van der Waals surface area contributed by atoms with Gasteiger partial charge in [0.15, 0.2) is 0 Å². The van der Waals surface area contributed by atoms with Gasteiger partial charge in [-0.15, -0.1) is 0 Å². The maximum absolute atomic E-state index is 13.7. The fourth-order valence-corrected chi connectivity index (χ4v) is 4.15. The molecule has 1 aliphatic rings. The summed E-state index contributed by atoms with van der Waals surface area (Å²) in [6.45, 7) is 0.979. The van der Waals surface area contributed by atoms with E-state index in [0.717, 1.165) is 12.1 Å². The number of para-hydroxylation sites is 1. The molecule has 150 valence electrons. The largest absolute Gasteiger partial charge is 0.415 e. The highest BCUT2D eigenvalue weighted by atomic mass is 32.2. The molecule has 1 heterocycles. The molecule has 0 bridgehead atoms. The number of ether oxygens (including phenoxy) is 1. The van der Waals surface area contributed by atoms with E-state index in [-0.39, 0.29) is 12.5 Å². The van der Waals surface area contributed by atoms with Crippen LogP contribution in [0.2, 0.25) is 0 Å². The van der Waals surface area contributed by atoms with E-state index in [4.69, 9.17) is 4.74 Å². The van der Waals surface area contributed by atoms with Crippen LogP contribution in [-0.2, 0) is 10.0 Å². The van der Waals surface area contributed by atoms with Gasteiger partial charge in [-0.25, -0.2) is 26.7 Å². The number of carbonyl (C=O) groups excluding carboxylic acids is 1. The zero-order valence-corrected chi connectivity index (χ0v) is 15.8. The summed E-state index contributed by atoms with van der Waals surface area (Å²) in [6.07, 6.45) is 0.718. The van der Waals surface area contributed by atoms with Gasteiger partial charge in [-0.1, -0.05) is 18.2 Å². The fourth-order valence-electron chi connectivity index (χ4n) is 2.97. The van der Waals surface area contributed by atoms with Gasteiger partial charge in [0, 0.05) is 25.7 Å². The topological polar surface area (TPSA) is 75.7 Å². The van der Waals surface area contributed by atoms with Crippen molar-refractivity contribution in [2.75, 3.05) is 19.6 Å². The molecule has 0 spiro atoms. The molecule has 1 aliphatic heterocycles. The van der Waals surface area contributed by atoms with Crippen molar-refractivity contribution in [3.8, 4) is 5.75 Å². The second-order valence-corrected chi connectivity index (χ2v) is 8.27. The van der Waals surface area contributed by atoms with Crippen LogP contribution in [-0.4, -0.2) is 39.0 Å². The third-order valence-electron chi connectivity index (χ3n) is 4.57. The number of hydrogen-bond acceptors (Lipinski definition) is 4. The molecule has 0 saturated carbocycles. The monoisotopic (exact) mass is 410 g/mol. The Morgan fingerprint density at radius 1 is 1.11 bits per heavy atom. The predicted molar refractivity (Wildman–Crippen MR) is 98.3 cm³/mol. The fraction of sp³-hybridized carbons (Fsp3) is 0.316. The van der Waals surface area contributed by atoms with Gasteiger partial charge in [-0.05, 0) is 43.0 Å². The zero-order valence-electron chi connectivity index (χ0n) is 15.0. The first-order valence-electron chi connectivity index (χ1n) is 8.81. The Morgan fingerprint density at radius 3 is 2.43 bits per heavy atom. The Morgan fingerprint density at radius 2 is 1.79 bits per heavy atom. The van der Waals surface area contributed by atoms with E-state index in [9.17, 15) is 22.0 Å². The molecule has 0 aromatic heterocycles. The lowest BCUT2D eigenvalue weighted by Gasteiger charge is -2.31. The number of likely N-dealkylation sites (tertiary alicyclic amines) is 1. The Labute approximate surface area is 162 Å². The molecule has 0 unspecified atom stereocenters. The number of nitrogens with zero attached hydrogens (tertiary/aromatic N) is 1. The van der Waals surface area contributed by atoms with Crippen LogP contribution in [0, 0.1) is 17.6 Å². The smallest absolute Gasteiger partial charge is 0.410 e. The van der Waals surface area contributed by atoms with Crippen LogP contribution in [0.25, 0.3) is 0 Å². The SMILES string of the molecule is O=C(Oc1ccccc1)N1CCC(CNS(=O)(=O)c2ccc(F)cc2F)CC1. The molecule has 6 nitrogen and oxygen atoms in total. The Bertz CT molecular complexity index is 930. The van der Waals surface area contributed by atoms with Crippen molar-refractivity contribution < 1.29 is 26.7 Å². The van der Waals surface area contributed by atoms with Gasteiger partial charge >= 0.3 is 6.09 Å². The minimum absolute atomic E-state index is 0.000870. The van der Waals surface area contributed by atoms with Crippen LogP contribution < -0.4 is 9.46 Å². The van der Waals surface area contributed by atoms with E-state index in [0.29, 0.717) is 37.7 Å². The standard InChI is InChI=1S/C19H20F2N2O4S/c20-15-6-7-18(17(21)12-15)28(25,26)22-13-14-8-10-23(11-9-14)19(24)27-16-4-2-1-3-5-16/h1-7,12,14,22H,8-11,13H2. The van der Waals surface area contributed by atoms with Crippen molar-refractivity contribution in [2.24, 2.45) is 5.92 Å². The second-order valence-electron chi connectivity index (χ2n) is 6.54. The molecule has 1 fully saturated rings. The molecule has 0 aliphatic carbocycles. The average Bonchev–Trinajstić information content (AvgIpc) is 2.67. The summed E-state index contributed by atoms with van der Waals surface area (Å²) >= 11 is 0. The zero-order chi connectivity index (χ0) is 20.1. The highest BCUT2D eigenvalue weighted by molar-refractivity contribution is 7.89. The first kappa shape index (κ1) is 20.2. The van der Waals surface area contributed by atoms with Crippen molar-refractivity contribution in [3.05, 3.63) is 60.2 Å². The number of carbonyl (C=O) groups is 1. The summed E-state index contributed by atoms with van der Waals surface area (Å²) in [6, 6.07) is 11.1. The summed E-state index contributed by atoms with van der Waals surface area (Å²) < 4.78 is 58.8. The van der Waals surface area contributed by atoms with Gasteiger partial charge in [0.1, 0.15) is 22.3 Å². The Hall–Kier alpha value is -2.52. The molecule has 0 radical (unpaired) electrons. The number of amides is 1. The molecule has 9 heteroatoms. The molecule has 2 aromatic carbocycles. The molecule has 3 rings (SSSR count). The first-order chi connectivity index (χ1) is 13.3. The lowest BCUT2D eigenvalue weighted by atomic mass is 9.97. The van der Waals surface area contributed by atoms with Gasteiger partial charge in [0.25, 0.3) is 0 Å². The first-order valence-corrected chi connectivity index (χ1v) is 10.3. The summed E-state index contributed by atoms with van der Waals surface area (Å²) in [5, 5.41) is 0. The highest BCUT2D eigenvalue weighted by Crippen LogP contribution is 2.20. The molecule has 1 N–H and O–H groups in total. The van der Waals surface area contributed by atoms with Crippen molar-refractivity contribution in [2.45, 2.75) is 17.7 Å². The van der Waals surface area contributed by atoms with Crippen molar-refractivity contribution >= 4 is 16.1 Å². The maximum Gasteiger partial charge on any atom is 0.415 e. The van der Waals surface area contributed by atoms with Crippen molar-refractivity contribution in [1.82, 2.24) is 9.62 Å². The molecule has 1 saturated heterocycles. The number of rotatable bonds is 5. The van der Waals surface area contributed by atoms with E-state index < -0.39 is 32.6 Å². The third-order valence-corrected chi connectivity index (χ3v) is 6.02. The molecule has 28 heavy (non-hydrogen) atoms. The second kappa shape index (κ2) is 8.66. The number of nitrogens with one attached hydrogen (secondary N) is 1. The lowest BCUT2D eigenvalue weighted by Crippen LogP contribution is -2.42. The lowest BCUT2D eigenvalue weighted by molar-refractivity contribution is 0.131. The normalized spacial score (nSPS) is 15.4. The maximum atomic E-state index is 13.7. The summed E-state index contributed by atoms with van der Waals surface area (Å²) in [4.78, 5) is 13.1. The van der Waals surface area contributed by atoms with Crippen LogP contribution in [0.4, 0.5) is 13.6 Å². The Balaban J connectivity index is 1.49. The molecule has 0 atom stereocenters. The van der Waals surface area contributed by atoms with Crippen LogP contribution in [0.15, 0.2) is 53.4 Å². The van der Waals surface area contributed by atoms with Gasteiger partial charge in [0.05, 0.1) is 0 Å². The van der Waals surface area contributed by atoms with Crippen LogP contribution in [0.3, 0.4) is 0 Å². The molecular formula is C19H20F2N2O4S. The number of halogens is 2. The number of piperidine rings is 1. The van der Waals surface area contributed by atoms with E-state index in [1.165, 1.54) is 0 Å². The van der Waals surface area contributed by atoms with Gasteiger partial charge in [0.2, 0.25) is 10.0 Å². The minimum atomic E-state index is -4.07. The minimum Gasteiger partial charge on any atom is -0.410 e. The predicted octanol–water partition coefficient (Wildman–Crippen LogP) is 3.15. The van der Waals surface area contributed by atoms with Crippen LogP contribution in [0.1, 0.15) is 12.8 Å². The third kappa shape index (κ3) is 5.05. The molecule has 1 amide bonds. The van der Waals surface area contributed by atoms with E-state index >= 15 is 0 Å². The molecular weight excluding hydrogens is 390 g/mol. The van der Waals surface area contributed by atoms with E-state index in [1.807, 2.05) is 6.07 Å². The summed E-state index contributed by atoms with van der Waals surface area (Å²) in [5.74, 6) is -1.51. The highest BCUT2D eigenvalue weighted by Gasteiger charge is 2.26. The summed E-state index contributed by atoms with van der Waals surface area (Å²) in [7, 11) is -4.07. The quantitative estimate of drug-likeness (QED) is 0.822. The van der Waals surface area contributed by atoms with Crippen molar-refractivity contribution in [1.29, 1.82) is 0 Å². The number of sulfonamides is 1. The number of hydrogen-bond donors (Lipinski definition) is 1. The van der Waals surface area contributed by atoms with Gasteiger partial charge in [-0.3, -0.25) is 0 Å². The summed E-state index contributed by atoms with van der Waals surface area (Å²) in [5.41, 5.74) is 0. The molecule has 2 aromatic rings. The van der Waals surface area contributed by atoms with Crippen molar-refractivity contribution in [3.63, 3.8) is 0 Å². The van der Waals surface area contributed by atoms with E-state index in [1.54, 1.807) is 29.2 Å². The Kier molecular flexibility index (Phi) is 6.25. The van der Waals surface area contributed by atoms with Gasteiger partial charge < -0.3 is 9.64 Å². The van der Waals surface area contributed by atoms with Crippen LogP contribution >= 0.6 is 0 Å². The van der Waals surface area contributed by atoms with Gasteiger partial charge in [-0.2, -0.15) is 0 Å². The van der Waals surface area contributed by atoms with Crippen LogP contribution in [0.5, 0.6) is 5.75 Å².